The fraction of sp³-hybridized carbons (Fsp3) is 0.548. The van der Waals surface area contributed by atoms with Crippen LogP contribution in [0, 0.1) is 12.8 Å². The molecule has 0 bridgehead atoms. The number of fused-ring (bicyclic) bond motifs is 1. The van der Waals surface area contributed by atoms with Crippen molar-refractivity contribution in [3.05, 3.63) is 53.6 Å². The van der Waals surface area contributed by atoms with E-state index in [-0.39, 0.29) is 24.5 Å². The van der Waals surface area contributed by atoms with Crippen LogP contribution in [-0.4, -0.2) is 62.8 Å². The van der Waals surface area contributed by atoms with Crippen LogP contribution in [0.5, 0.6) is 5.75 Å². The maximum atomic E-state index is 12.6. The van der Waals surface area contributed by atoms with Crippen molar-refractivity contribution in [2.75, 3.05) is 55.9 Å². The van der Waals surface area contributed by atoms with Gasteiger partial charge in [0.25, 0.3) is 0 Å². The molecule has 1 saturated heterocycles. The Morgan fingerprint density at radius 2 is 1.79 bits per heavy atom. The second-order valence-electron chi connectivity index (χ2n) is 10.9. The average molecular weight is 522 g/mol. The molecule has 2 aromatic carbocycles. The molecule has 38 heavy (non-hydrogen) atoms. The number of hydrogen-bond donors (Lipinski definition) is 0. The summed E-state index contributed by atoms with van der Waals surface area (Å²) in [6.07, 6.45) is 4.76. The van der Waals surface area contributed by atoms with E-state index in [0.717, 1.165) is 62.6 Å². The lowest BCUT2D eigenvalue weighted by Gasteiger charge is -2.36. The van der Waals surface area contributed by atoms with Crippen molar-refractivity contribution >= 4 is 23.3 Å². The number of carbonyl (C=O) groups is 2. The summed E-state index contributed by atoms with van der Waals surface area (Å²) in [7, 11) is 0. The normalized spacial score (nSPS) is 16.1. The number of unbranched alkanes of at least 4 members (excludes halogenated alkanes) is 2. The number of nitrogens with zero attached hydrogens (tertiary/aromatic N) is 3. The molecule has 0 saturated carbocycles. The Morgan fingerprint density at radius 3 is 2.55 bits per heavy atom. The maximum absolute atomic E-state index is 12.6. The Balaban J connectivity index is 1.16. The number of ether oxygens (including phenoxy) is 2. The van der Waals surface area contributed by atoms with Gasteiger partial charge in [0.1, 0.15) is 5.75 Å². The van der Waals surface area contributed by atoms with Crippen molar-refractivity contribution in [1.82, 2.24) is 4.90 Å². The van der Waals surface area contributed by atoms with Gasteiger partial charge in [0.15, 0.2) is 6.73 Å². The Hall–Kier alpha value is -3.06. The fourth-order valence-electron chi connectivity index (χ4n) is 5.14. The third-order valence-corrected chi connectivity index (χ3v) is 7.31. The van der Waals surface area contributed by atoms with Gasteiger partial charge in [-0.3, -0.25) is 19.4 Å². The first-order valence-corrected chi connectivity index (χ1v) is 14.1. The molecule has 0 unspecified atom stereocenters. The Kier molecular flexibility index (Phi) is 10.0. The summed E-state index contributed by atoms with van der Waals surface area (Å²) in [5, 5.41) is 0. The van der Waals surface area contributed by atoms with Gasteiger partial charge >= 0.3 is 5.97 Å². The van der Waals surface area contributed by atoms with Gasteiger partial charge in [0.05, 0.1) is 12.3 Å². The molecule has 4 rings (SSSR count). The summed E-state index contributed by atoms with van der Waals surface area (Å²) < 4.78 is 11.4. The van der Waals surface area contributed by atoms with Crippen LogP contribution in [0.3, 0.4) is 0 Å². The summed E-state index contributed by atoms with van der Waals surface area (Å²) in [4.78, 5) is 31.2. The molecule has 7 heteroatoms. The Morgan fingerprint density at radius 1 is 0.974 bits per heavy atom. The van der Waals surface area contributed by atoms with Crippen LogP contribution in [0.2, 0.25) is 0 Å². The van der Waals surface area contributed by atoms with Crippen LogP contribution in [0.4, 0.5) is 11.4 Å². The average Bonchev–Trinajstić information content (AvgIpc) is 2.90. The molecule has 2 aliphatic heterocycles. The number of rotatable bonds is 12. The number of carbonyl (C=O) groups excluding carboxylic acids is 2. The molecule has 0 atom stereocenters. The van der Waals surface area contributed by atoms with Gasteiger partial charge in [-0.25, -0.2) is 0 Å². The van der Waals surface area contributed by atoms with Crippen LogP contribution in [-0.2, 0) is 20.7 Å². The van der Waals surface area contributed by atoms with Crippen LogP contribution < -0.4 is 14.5 Å². The highest BCUT2D eigenvalue weighted by atomic mass is 16.5. The Bertz CT molecular complexity index is 1080. The number of hydrogen-bond acceptors (Lipinski definition) is 6. The molecule has 0 spiro atoms. The van der Waals surface area contributed by atoms with Gasteiger partial charge in [-0.2, -0.15) is 0 Å². The predicted molar refractivity (Wildman–Crippen MR) is 152 cm³/mol. The molecule has 1 amide bonds. The predicted octanol–water partition coefficient (Wildman–Crippen LogP) is 5.19. The zero-order valence-corrected chi connectivity index (χ0v) is 23.3. The SMILES string of the molecule is Cc1cccc(N2CCN(CCCCCOc3ccc4c(c3)N(COC(=O)CC(C)C)C(=O)CC4)CC2)c1. The van der Waals surface area contributed by atoms with Crippen LogP contribution >= 0.6 is 0 Å². The lowest BCUT2D eigenvalue weighted by molar-refractivity contribution is -0.145. The second kappa shape index (κ2) is 13.7. The molecule has 7 nitrogen and oxygen atoms in total. The number of amides is 1. The summed E-state index contributed by atoms with van der Waals surface area (Å²) in [6.45, 7) is 12.2. The summed E-state index contributed by atoms with van der Waals surface area (Å²) >= 11 is 0. The minimum Gasteiger partial charge on any atom is -0.494 e. The molecule has 1 fully saturated rings. The third kappa shape index (κ3) is 7.97. The number of anilines is 2. The molecule has 2 aromatic rings. The van der Waals surface area contributed by atoms with E-state index in [2.05, 4.69) is 41.0 Å². The molecule has 0 N–H and O–H groups in total. The summed E-state index contributed by atoms with van der Waals surface area (Å²) in [5.74, 6) is 0.678. The van der Waals surface area contributed by atoms with Gasteiger partial charge in [0.2, 0.25) is 5.91 Å². The molecular formula is C31H43N3O4. The molecule has 0 aromatic heterocycles. The number of aryl methyl sites for hydroxylation is 2. The smallest absolute Gasteiger partial charge is 0.307 e. The van der Waals surface area contributed by atoms with E-state index in [1.54, 1.807) is 4.90 Å². The van der Waals surface area contributed by atoms with E-state index in [1.807, 2.05) is 32.0 Å². The zero-order valence-electron chi connectivity index (χ0n) is 23.3. The largest absolute Gasteiger partial charge is 0.494 e. The monoisotopic (exact) mass is 521 g/mol. The molecule has 2 heterocycles. The first kappa shape index (κ1) is 28.0. The van der Waals surface area contributed by atoms with Gasteiger partial charge in [-0.05, 0) is 74.4 Å². The minimum absolute atomic E-state index is 0.0216. The lowest BCUT2D eigenvalue weighted by Crippen LogP contribution is -2.46. The standard InChI is InChI=1S/C31H43N3O4/c1-24(2)20-31(36)38-23-34-29-22-28(12-10-26(29)11-13-30(34)35)37-19-6-4-5-14-32-15-17-33(18-16-32)27-9-7-8-25(3)21-27/h7-10,12,21-22,24H,4-6,11,13-20,23H2,1-3H3. The number of esters is 1. The minimum atomic E-state index is -0.277. The van der Waals surface area contributed by atoms with E-state index in [9.17, 15) is 9.59 Å². The second-order valence-corrected chi connectivity index (χ2v) is 10.9. The van der Waals surface area contributed by atoms with E-state index in [0.29, 0.717) is 25.9 Å². The summed E-state index contributed by atoms with van der Waals surface area (Å²) in [5.41, 5.74) is 4.53. The van der Waals surface area contributed by atoms with Gasteiger partial charge < -0.3 is 14.4 Å². The van der Waals surface area contributed by atoms with Crippen LogP contribution in [0.15, 0.2) is 42.5 Å². The Labute approximate surface area is 227 Å². The topological polar surface area (TPSA) is 62.3 Å². The third-order valence-electron chi connectivity index (χ3n) is 7.31. The van der Waals surface area contributed by atoms with E-state index in [4.69, 9.17) is 9.47 Å². The van der Waals surface area contributed by atoms with Crippen molar-refractivity contribution < 1.29 is 19.1 Å². The number of piperazine rings is 1. The molecule has 2 aliphatic rings. The van der Waals surface area contributed by atoms with Crippen molar-refractivity contribution in [3.8, 4) is 5.75 Å². The van der Waals surface area contributed by atoms with Gasteiger partial charge in [-0.1, -0.05) is 32.0 Å². The lowest BCUT2D eigenvalue weighted by atomic mass is 10.0. The highest BCUT2D eigenvalue weighted by Crippen LogP contribution is 2.32. The van der Waals surface area contributed by atoms with E-state index in [1.165, 1.54) is 17.7 Å². The van der Waals surface area contributed by atoms with Gasteiger partial charge in [0, 0.05) is 50.8 Å². The number of benzene rings is 2. The molecule has 206 valence electrons. The van der Waals surface area contributed by atoms with Crippen molar-refractivity contribution in [1.29, 1.82) is 0 Å². The van der Waals surface area contributed by atoms with Crippen molar-refractivity contribution in [3.63, 3.8) is 0 Å². The fourth-order valence-corrected chi connectivity index (χ4v) is 5.14. The molecule has 0 radical (unpaired) electrons. The van der Waals surface area contributed by atoms with Crippen molar-refractivity contribution in [2.45, 2.75) is 59.3 Å². The van der Waals surface area contributed by atoms with E-state index < -0.39 is 0 Å². The van der Waals surface area contributed by atoms with E-state index >= 15 is 0 Å². The maximum Gasteiger partial charge on any atom is 0.307 e. The van der Waals surface area contributed by atoms with Crippen LogP contribution in [0.1, 0.15) is 57.1 Å². The first-order chi connectivity index (χ1) is 18.4. The first-order valence-electron chi connectivity index (χ1n) is 14.1. The highest BCUT2D eigenvalue weighted by molar-refractivity contribution is 5.96. The summed E-state index contributed by atoms with van der Waals surface area (Å²) in [6, 6.07) is 14.7. The molecular weight excluding hydrogens is 478 g/mol. The quantitative estimate of drug-likeness (QED) is 0.283. The molecule has 0 aliphatic carbocycles. The zero-order chi connectivity index (χ0) is 26.9. The van der Waals surface area contributed by atoms with Crippen LogP contribution in [0.25, 0.3) is 0 Å². The highest BCUT2D eigenvalue weighted by Gasteiger charge is 2.26. The van der Waals surface area contributed by atoms with Crippen molar-refractivity contribution in [2.24, 2.45) is 5.92 Å². The van der Waals surface area contributed by atoms with Gasteiger partial charge in [-0.15, -0.1) is 0 Å².